The highest BCUT2D eigenvalue weighted by Gasteiger charge is 2.17. The molecule has 2 aromatic carbocycles. The molecule has 0 aliphatic carbocycles. The Labute approximate surface area is 178 Å². The van der Waals surface area contributed by atoms with Crippen LogP contribution in [0.3, 0.4) is 0 Å². The Hall–Kier alpha value is -3.04. The molecule has 1 aromatic heterocycles. The van der Waals surface area contributed by atoms with Crippen molar-refractivity contribution in [3.05, 3.63) is 54.1 Å². The first-order valence-corrected chi connectivity index (χ1v) is 11.7. The van der Waals surface area contributed by atoms with Crippen LogP contribution in [0.4, 0.5) is 5.13 Å². The number of carboxylic acid groups (broad SMARTS) is 1. The number of hydrogen-bond donors (Lipinski definition) is 2. The van der Waals surface area contributed by atoms with Gasteiger partial charge in [-0.25, -0.2) is 13.4 Å². The van der Waals surface area contributed by atoms with Gasteiger partial charge in [-0.1, -0.05) is 47.7 Å². The summed E-state index contributed by atoms with van der Waals surface area (Å²) < 4.78 is 23.5. The van der Waals surface area contributed by atoms with Crippen LogP contribution < -0.4 is 5.32 Å². The largest absolute Gasteiger partial charge is 0.481 e. The Kier molecular flexibility index (Phi) is 6.33. The number of benzene rings is 2. The third kappa shape index (κ3) is 5.31. The minimum Gasteiger partial charge on any atom is -0.481 e. The van der Waals surface area contributed by atoms with Gasteiger partial charge in [-0.3, -0.25) is 9.59 Å². The van der Waals surface area contributed by atoms with Crippen molar-refractivity contribution < 1.29 is 23.1 Å². The molecular formula is C21H20N2O5S2. The molecule has 156 valence electrons. The third-order valence-corrected chi connectivity index (χ3v) is 6.46. The van der Waals surface area contributed by atoms with Crippen LogP contribution in [0.5, 0.6) is 0 Å². The molecule has 3 aromatic rings. The van der Waals surface area contributed by atoms with Crippen molar-refractivity contribution in [2.45, 2.75) is 24.7 Å². The standard InChI is InChI=1S/C21H20N2O5S2/c1-13(24)22-21-23-19(15-6-3-14(4-7-15)5-12-18(25)26)20(29-21)16-8-10-17(11-9-16)30(2,27)28/h3-4,6-11H,5,12H2,1-2H3,(H,25,26)(H,22,23,24). The number of nitrogens with one attached hydrogen (secondary N) is 1. The van der Waals surface area contributed by atoms with E-state index in [0.29, 0.717) is 17.2 Å². The van der Waals surface area contributed by atoms with Crippen molar-refractivity contribution >= 4 is 38.2 Å². The van der Waals surface area contributed by atoms with Crippen LogP contribution in [-0.2, 0) is 25.8 Å². The van der Waals surface area contributed by atoms with E-state index in [1.165, 1.54) is 18.3 Å². The summed E-state index contributed by atoms with van der Waals surface area (Å²) >= 11 is 1.30. The Morgan fingerprint density at radius 3 is 2.17 bits per heavy atom. The lowest BCUT2D eigenvalue weighted by Crippen LogP contribution is -2.04. The van der Waals surface area contributed by atoms with Crippen molar-refractivity contribution in [3.63, 3.8) is 0 Å². The van der Waals surface area contributed by atoms with Gasteiger partial charge in [-0.05, 0) is 29.7 Å². The summed E-state index contributed by atoms with van der Waals surface area (Å²) in [7, 11) is -3.30. The molecule has 30 heavy (non-hydrogen) atoms. The average Bonchev–Trinajstić information content (AvgIpc) is 3.09. The van der Waals surface area contributed by atoms with E-state index < -0.39 is 15.8 Å². The van der Waals surface area contributed by atoms with Crippen molar-refractivity contribution in [2.75, 3.05) is 11.6 Å². The van der Waals surface area contributed by atoms with E-state index in [4.69, 9.17) is 5.11 Å². The van der Waals surface area contributed by atoms with E-state index in [2.05, 4.69) is 10.3 Å². The summed E-state index contributed by atoms with van der Waals surface area (Å²) in [6, 6.07) is 13.9. The first-order chi connectivity index (χ1) is 14.1. The Morgan fingerprint density at radius 2 is 1.63 bits per heavy atom. The minimum atomic E-state index is -3.30. The lowest BCUT2D eigenvalue weighted by molar-refractivity contribution is -0.137. The topological polar surface area (TPSA) is 113 Å². The highest BCUT2D eigenvalue weighted by atomic mass is 32.2. The van der Waals surface area contributed by atoms with Gasteiger partial charge in [-0.2, -0.15) is 0 Å². The van der Waals surface area contributed by atoms with E-state index in [1.807, 2.05) is 24.3 Å². The van der Waals surface area contributed by atoms with Gasteiger partial charge in [-0.15, -0.1) is 0 Å². The molecule has 9 heteroatoms. The number of rotatable bonds is 7. The number of aliphatic carboxylic acids is 1. The molecule has 0 radical (unpaired) electrons. The number of anilines is 1. The lowest BCUT2D eigenvalue weighted by Gasteiger charge is -2.05. The molecule has 0 aliphatic heterocycles. The molecular weight excluding hydrogens is 424 g/mol. The van der Waals surface area contributed by atoms with E-state index in [1.54, 1.807) is 24.3 Å². The molecule has 7 nitrogen and oxygen atoms in total. The number of carboxylic acids is 1. The number of aryl methyl sites for hydroxylation is 1. The second-order valence-corrected chi connectivity index (χ2v) is 9.78. The molecule has 0 saturated carbocycles. The van der Waals surface area contributed by atoms with Gasteiger partial charge in [0.25, 0.3) is 0 Å². The maximum absolute atomic E-state index is 11.7. The predicted octanol–water partition coefficient (Wildman–Crippen LogP) is 3.86. The Bertz CT molecular complexity index is 1180. The second kappa shape index (κ2) is 8.76. The number of hydrogen-bond acceptors (Lipinski definition) is 6. The fourth-order valence-electron chi connectivity index (χ4n) is 2.85. The molecule has 1 heterocycles. The van der Waals surface area contributed by atoms with Crippen LogP contribution in [0, 0.1) is 0 Å². The smallest absolute Gasteiger partial charge is 0.303 e. The lowest BCUT2D eigenvalue weighted by atomic mass is 10.0. The number of thiazole rings is 1. The van der Waals surface area contributed by atoms with Crippen LogP contribution in [-0.4, -0.2) is 36.6 Å². The van der Waals surface area contributed by atoms with E-state index in [9.17, 15) is 18.0 Å². The van der Waals surface area contributed by atoms with E-state index in [-0.39, 0.29) is 17.2 Å². The van der Waals surface area contributed by atoms with Crippen molar-refractivity contribution in [2.24, 2.45) is 0 Å². The first-order valence-electron chi connectivity index (χ1n) is 9.03. The fourth-order valence-corrected chi connectivity index (χ4v) is 4.52. The zero-order valence-electron chi connectivity index (χ0n) is 16.4. The maximum atomic E-state index is 11.7. The summed E-state index contributed by atoms with van der Waals surface area (Å²) in [5.41, 5.74) is 3.14. The Balaban J connectivity index is 2.00. The predicted molar refractivity (Wildman–Crippen MR) is 116 cm³/mol. The van der Waals surface area contributed by atoms with Crippen molar-refractivity contribution in [1.29, 1.82) is 0 Å². The summed E-state index contributed by atoms with van der Waals surface area (Å²) in [4.78, 5) is 27.8. The molecule has 0 bridgehead atoms. The van der Waals surface area contributed by atoms with Gasteiger partial charge in [0.15, 0.2) is 15.0 Å². The Morgan fingerprint density at radius 1 is 1.03 bits per heavy atom. The number of amides is 1. The average molecular weight is 445 g/mol. The van der Waals surface area contributed by atoms with Crippen LogP contribution in [0.25, 0.3) is 21.7 Å². The molecule has 0 unspecified atom stereocenters. The molecule has 0 spiro atoms. The van der Waals surface area contributed by atoms with Crippen molar-refractivity contribution in [3.8, 4) is 21.7 Å². The molecule has 0 aliphatic rings. The highest BCUT2D eigenvalue weighted by molar-refractivity contribution is 7.90. The van der Waals surface area contributed by atoms with Crippen LogP contribution in [0.2, 0.25) is 0 Å². The van der Waals surface area contributed by atoms with Gasteiger partial charge in [0.2, 0.25) is 5.91 Å². The van der Waals surface area contributed by atoms with E-state index >= 15 is 0 Å². The fraction of sp³-hybridized carbons (Fsp3) is 0.190. The van der Waals surface area contributed by atoms with Gasteiger partial charge in [0, 0.05) is 25.2 Å². The van der Waals surface area contributed by atoms with Gasteiger partial charge < -0.3 is 10.4 Å². The van der Waals surface area contributed by atoms with Gasteiger partial charge >= 0.3 is 5.97 Å². The SMILES string of the molecule is CC(=O)Nc1nc(-c2ccc(CCC(=O)O)cc2)c(-c2ccc(S(C)(=O)=O)cc2)s1. The van der Waals surface area contributed by atoms with Crippen LogP contribution >= 0.6 is 11.3 Å². The molecule has 0 atom stereocenters. The number of carbonyl (C=O) groups is 2. The molecule has 0 saturated heterocycles. The zero-order valence-corrected chi connectivity index (χ0v) is 18.0. The zero-order chi connectivity index (χ0) is 21.9. The third-order valence-electron chi connectivity index (χ3n) is 4.31. The van der Waals surface area contributed by atoms with Crippen LogP contribution in [0.15, 0.2) is 53.4 Å². The maximum Gasteiger partial charge on any atom is 0.303 e. The summed E-state index contributed by atoms with van der Waals surface area (Å²) in [6.45, 7) is 1.40. The molecule has 2 N–H and O–H groups in total. The second-order valence-electron chi connectivity index (χ2n) is 6.77. The molecule has 1 amide bonds. The normalized spacial score (nSPS) is 11.3. The summed E-state index contributed by atoms with van der Waals surface area (Å²) in [6.07, 6.45) is 1.64. The minimum absolute atomic E-state index is 0.0562. The van der Waals surface area contributed by atoms with Gasteiger partial charge in [0.05, 0.1) is 15.5 Å². The number of sulfone groups is 1. The quantitative estimate of drug-likeness (QED) is 0.572. The number of nitrogens with zero attached hydrogens (tertiary/aromatic N) is 1. The van der Waals surface area contributed by atoms with E-state index in [0.717, 1.165) is 27.8 Å². The summed E-state index contributed by atoms with van der Waals surface area (Å²) in [5, 5.41) is 12.0. The number of aromatic nitrogens is 1. The molecule has 0 fully saturated rings. The van der Waals surface area contributed by atoms with Crippen molar-refractivity contribution in [1.82, 2.24) is 4.98 Å². The summed E-state index contributed by atoms with van der Waals surface area (Å²) in [5.74, 6) is -1.09. The van der Waals surface area contributed by atoms with Gasteiger partial charge in [0.1, 0.15) is 0 Å². The highest BCUT2D eigenvalue weighted by Crippen LogP contribution is 2.39. The van der Waals surface area contributed by atoms with Crippen LogP contribution in [0.1, 0.15) is 18.9 Å². The first kappa shape index (κ1) is 21.7. The number of carbonyl (C=O) groups excluding carboxylic acids is 1. The monoisotopic (exact) mass is 444 g/mol. The molecule has 3 rings (SSSR count).